The summed E-state index contributed by atoms with van der Waals surface area (Å²) in [5.74, 6) is 0. The van der Waals surface area contributed by atoms with Crippen LogP contribution in [0.4, 0.5) is 0 Å². The Kier molecular flexibility index (Phi) is 7.25. The number of hydrogen-bond donors (Lipinski definition) is 0. The van der Waals surface area contributed by atoms with Crippen LogP contribution in [0.25, 0.3) is 104 Å². The summed E-state index contributed by atoms with van der Waals surface area (Å²) in [7, 11) is 0. The second kappa shape index (κ2) is 12.7. The minimum absolute atomic E-state index is 1.14. The molecule has 1 heteroatoms. The summed E-state index contributed by atoms with van der Waals surface area (Å²) in [6.07, 6.45) is 0. The molecule has 0 amide bonds. The lowest BCUT2D eigenvalue weighted by atomic mass is 9.84. The molecule has 0 N–H and O–H groups in total. The number of benzene rings is 10. The van der Waals surface area contributed by atoms with Gasteiger partial charge in [0.15, 0.2) is 0 Å². The Bertz CT molecular complexity index is 3240. The summed E-state index contributed by atoms with van der Waals surface area (Å²) >= 11 is 0. The van der Waals surface area contributed by atoms with Gasteiger partial charge in [-0.2, -0.15) is 0 Å². The van der Waals surface area contributed by atoms with Gasteiger partial charge in [-0.15, -0.1) is 0 Å². The minimum Gasteiger partial charge on any atom is -0.309 e. The molecule has 0 radical (unpaired) electrons. The molecule has 0 saturated heterocycles. The lowest BCUT2D eigenvalue weighted by Gasteiger charge is -2.19. The summed E-state index contributed by atoms with van der Waals surface area (Å²) in [5.41, 5.74) is 12.1. The summed E-state index contributed by atoms with van der Waals surface area (Å²) in [6.45, 7) is 0. The summed E-state index contributed by atoms with van der Waals surface area (Å²) in [5, 5.41) is 11.3. The zero-order chi connectivity index (χ0) is 36.3. The second-order valence-corrected chi connectivity index (χ2v) is 14.5. The van der Waals surface area contributed by atoms with E-state index in [0.717, 1.165) is 5.69 Å². The van der Waals surface area contributed by atoms with E-state index in [0.29, 0.717) is 0 Å². The minimum atomic E-state index is 1.14. The highest BCUT2D eigenvalue weighted by molar-refractivity contribution is 6.22. The molecule has 0 saturated carbocycles. The van der Waals surface area contributed by atoms with Crippen LogP contribution in [-0.4, -0.2) is 4.57 Å². The fourth-order valence-electron chi connectivity index (χ4n) is 8.73. The number of para-hydroxylation sites is 1. The molecule has 1 nitrogen and oxygen atoms in total. The number of hydrogen-bond acceptors (Lipinski definition) is 0. The standard InChI is InChI=1S/C54H35N/c1-2-14-39(15-3-1)52-35-43-18-8-11-21-51(43)55(52)46-29-26-38(27-30-46)42-28-31-49-50(34-42)54(45-25-23-37-13-5-7-17-41(37)33-45)48-20-10-9-19-47(48)53(49)44-24-22-36-12-4-6-16-40(36)32-44/h1-35H. The molecular weight excluding hydrogens is 663 g/mol. The Morgan fingerprint density at radius 1 is 0.255 bits per heavy atom. The van der Waals surface area contributed by atoms with E-state index in [4.69, 9.17) is 0 Å². The van der Waals surface area contributed by atoms with Crippen molar-refractivity contribution in [3.8, 4) is 50.3 Å². The first kappa shape index (κ1) is 31.3. The van der Waals surface area contributed by atoms with Gasteiger partial charge in [0, 0.05) is 11.1 Å². The predicted octanol–water partition coefficient (Wildman–Crippen LogP) is 14.9. The molecule has 0 spiro atoms. The first-order valence-corrected chi connectivity index (χ1v) is 19.0. The van der Waals surface area contributed by atoms with Crippen molar-refractivity contribution < 1.29 is 0 Å². The van der Waals surface area contributed by atoms with Gasteiger partial charge in [-0.3, -0.25) is 0 Å². The summed E-state index contributed by atoms with van der Waals surface area (Å²) < 4.78 is 2.38. The van der Waals surface area contributed by atoms with Gasteiger partial charge in [-0.25, -0.2) is 0 Å². The van der Waals surface area contributed by atoms with Crippen LogP contribution in [0.3, 0.4) is 0 Å². The fraction of sp³-hybridized carbons (Fsp3) is 0. The van der Waals surface area contributed by atoms with Gasteiger partial charge in [-0.05, 0) is 124 Å². The van der Waals surface area contributed by atoms with E-state index in [1.54, 1.807) is 0 Å². The third-order valence-corrected chi connectivity index (χ3v) is 11.3. The Morgan fingerprint density at radius 2 is 0.745 bits per heavy atom. The number of fused-ring (bicyclic) bond motifs is 5. The SMILES string of the molecule is c1ccc(-c2cc3ccccc3n2-c2ccc(-c3ccc4c(-c5ccc6ccccc6c5)c5ccccc5c(-c5ccc6ccccc6c5)c4c3)cc2)cc1. The molecule has 10 aromatic carbocycles. The van der Waals surface area contributed by atoms with Crippen molar-refractivity contribution in [3.05, 3.63) is 212 Å². The van der Waals surface area contributed by atoms with Crippen LogP contribution in [0, 0.1) is 0 Å². The zero-order valence-electron chi connectivity index (χ0n) is 30.2. The zero-order valence-corrected chi connectivity index (χ0v) is 30.2. The fourth-order valence-corrected chi connectivity index (χ4v) is 8.73. The van der Waals surface area contributed by atoms with E-state index in [1.165, 1.54) is 98.6 Å². The topological polar surface area (TPSA) is 4.93 Å². The van der Waals surface area contributed by atoms with Crippen LogP contribution in [-0.2, 0) is 0 Å². The molecule has 1 aromatic heterocycles. The van der Waals surface area contributed by atoms with Gasteiger partial charge in [0.05, 0.1) is 11.2 Å². The summed E-state index contributed by atoms with van der Waals surface area (Å²) in [6, 6.07) is 77.9. The average Bonchev–Trinajstić information content (AvgIpc) is 3.65. The summed E-state index contributed by atoms with van der Waals surface area (Å²) in [4.78, 5) is 0. The maximum atomic E-state index is 2.42. The van der Waals surface area contributed by atoms with Gasteiger partial charge in [0.1, 0.15) is 0 Å². The molecule has 1 heterocycles. The first-order chi connectivity index (χ1) is 27.3. The normalized spacial score (nSPS) is 11.6. The molecule has 0 fully saturated rings. The van der Waals surface area contributed by atoms with Gasteiger partial charge >= 0.3 is 0 Å². The number of rotatable bonds is 5. The third-order valence-electron chi connectivity index (χ3n) is 11.3. The molecule has 0 atom stereocenters. The van der Waals surface area contributed by atoms with Crippen LogP contribution in [0.2, 0.25) is 0 Å². The molecule has 0 bridgehead atoms. The lowest BCUT2D eigenvalue weighted by molar-refractivity contribution is 1.13. The van der Waals surface area contributed by atoms with Gasteiger partial charge in [0.2, 0.25) is 0 Å². The molecule has 256 valence electrons. The molecule has 55 heavy (non-hydrogen) atoms. The van der Waals surface area contributed by atoms with E-state index < -0.39 is 0 Å². The molecule has 11 rings (SSSR count). The highest BCUT2D eigenvalue weighted by atomic mass is 15.0. The van der Waals surface area contributed by atoms with Crippen LogP contribution in [0.1, 0.15) is 0 Å². The van der Waals surface area contributed by atoms with Crippen LogP contribution < -0.4 is 0 Å². The maximum absolute atomic E-state index is 2.42. The van der Waals surface area contributed by atoms with Crippen molar-refractivity contribution in [2.24, 2.45) is 0 Å². The Labute approximate surface area is 320 Å². The number of nitrogens with zero attached hydrogens (tertiary/aromatic N) is 1. The average molecular weight is 698 g/mol. The molecule has 11 aromatic rings. The van der Waals surface area contributed by atoms with Crippen molar-refractivity contribution >= 4 is 54.0 Å². The highest BCUT2D eigenvalue weighted by Crippen LogP contribution is 2.46. The van der Waals surface area contributed by atoms with Crippen LogP contribution in [0.5, 0.6) is 0 Å². The van der Waals surface area contributed by atoms with E-state index in [-0.39, 0.29) is 0 Å². The van der Waals surface area contributed by atoms with Crippen molar-refractivity contribution in [3.63, 3.8) is 0 Å². The van der Waals surface area contributed by atoms with Crippen molar-refractivity contribution in [1.29, 1.82) is 0 Å². The van der Waals surface area contributed by atoms with Crippen molar-refractivity contribution in [2.75, 3.05) is 0 Å². The Morgan fingerprint density at radius 3 is 1.40 bits per heavy atom. The van der Waals surface area contributed by atoms with Crippen molar-refractivity contribution in [1.82, 2.24) is 4.57 Å². The third kappa shape index (κ3) is 5.24. The van der Waals surface area contributed by atoms with E-state index >= 15 is 0 Å². The van der Waals surface area contributed by atoms with Gasteiger partial charge < -0.3 is 4.57 Å². The van der Waals surface area contributed by atoms with Gasteiger partial charge in [0.25, 0.3) is 0 Å². The second-order valence-electron chi connectivity index (χ2n) is 14.5. The van der Waals surface area contributed by atoms with E-state index in [2.05, 4.69) is 217 Å². The quantitative estimate of drug-likeness (QED) is 0.158. The molecular formula is C54H35N. The van der Waals surface area contributed by atoms with Gasteiger partial charge in [-0.1, -0.05) is 170 Å². The predicted molar refractivity (Wildman–Crippen MR) is 235 cm³/mol. The molecule has 0 unspecified atom stereocenters. The Hall–Kier alpha value is -7.22. The smallest absolute Gasteiger partial charge is 0.0540 e. The Balaban J connectivity index is 1.13. The molecule has 0 aliphatic heterocycles. The molecule has 0 aliphatic carbocycles. The number of aromatic nitrogens is 1. The first-order valence-electron chi connectivity index (χ1n) is 19.0. The largest absolute Gasteiger partial charge is 0.309 e. The van der Waals surface area contributed by atoms with Crippen LogP contribution >= 0.6 is 0 Å². The maximum Gasteiger partial charge on any atom is 0.0540 e. The van der Waals surface area contributed by atoms with Crippen molar-refractivity contribution in [2.45, 2.75) is 0 Å². The van der Waals surface area contributed by atoms with E-state index in [1.807, 2.05) is 0 Å². The van der Waals surface area contributed by atoms with Crippen LogP contribution in [0.15, 0.2) is 212 Å². The van der Waals surface area contributed by atoms with E-state index in [9.17, 15) is 0 Å². The molecule has 0 aliphatic rings. The highest BCUT2D eigenvalue weighted by Gasteiger charge is 2.19. The lowest BCUT2D eigenvalue weighted by Crippen LogP contribution is -1.96. The monoisotopic (exact) mass is 697 g/mol.